The second-order valence-corrected chi connectivity index (χ2v) is 7.55. The van der Waals surface area contributed by atoms with E-state index in [1.54, 1.807) is 12.1 Å². The summed E-state index contributed by atoms with van der Waals surface area (Å²) in [5.41, 5.74) is 2.68. The van der Waals surface area contributed by atoms with Gasteiger partial charge in [0.1, 0.15) is 5.69 Å². The summed E-state index contributed by atoms with van der Waals surface area (Å²) in [5, 5.41) is 8.59. The van der Waals surface area contributed by atoms with Crippen LogP contribution in [0.5, 0.6) is 0 Å². The Balaban J connectivity index is 1.72. The number of anilines is 1. The van der Waals surface area contributed by atoms with Crippen LogP contribution >= 0.6 is 11.5 Å². The molecule has 1 amide bonds. The molecule has 0 radical (unpaired) electrons. The molecule has 128 valence electrons. The summed E-state index contributed by atoms with van der Waals surface area (Å²) in [7, 11) is -2.18. The van der Waals surface area contributed by atoms with Gasteiger partial charge in [-0.1, -0.05) is 16.6 Å². The van der Waals surface area contributed by atoms with Crippen molar-refractivity contribution in [3.63, 3.8) is 0 Å². The predicted molar refractivity (Wildman–Crippen MR) is 96.0 cm³/mol. The van der Waals surface area contributed by atoms with Crippen molar-refractivity contribution in [1.29, 1.82) is 0 Å². The van der Waals surface area contributed by atoms with Crippen LogP contribution < -0.4 is 10.0 Å². The minimum atomic E-state index is -3.52. The van der Waals surface area contributed by atoms with Gasteiger partial charge in [-0.15, -0.1) is 5.10 Å². The zero-order valence-electron chi connectivity index (χ0n) is 13.1. The Kier molecular flexibility index (Phi) is 4.88. The van der Waals surface area contributed by atoms with Gasteiger partial charge in [-0.2, -0.15) is 0 Å². The SMILES string of the molecule is CNS(=O)(=O)c1ccc(C(=O)Nc2ccc(-c3csnn3)cc2)cc1. The Morgan fingerprint density at radius 1 is 1.04 bits per heavy atom. The lowest BCUT2D eigenvalue weighted by Crippen LogP contribution is -2.19. The summed E-state index contributed by atoms with van der Waals surface area (Å²) in [6.45, 7) is 0. The third-order valence-electron chi connectivity index (χ3n) is 3.49. The molecule has 2 aromatic carbocycles. The molecule has 3 rings (SSSR count). The molecular weight excluding hydrogens is 360 g/mol. The summed E-state index contributed by atoms with van der Waals surface area (Å²) in [4.78, 5) is 12.4. The number of sulfonamides is 1. The normalized spacial score (nSPS) is 11.2. The fourth-order valence-electron chi connectivity index (χ4n) is 2.12. The minimum Gasteiger partial charge on any atom is -0.322 e. The number of hydrogen-bond donors (Lipinski definition) is 2. The molecule has 0 aliphatic carbocycles. The number of nitrogens with zero attached hydrogens (tertiary/aromatic N) is 2. The first-order valence-electron chi connectivity index (χ1n) is 7.22. The lowest BCUT2D eigenvalue weighted by atomic mass is 10.1. The van der Waals surface area contributed by atoms with Crippen molar-refractivity contribution >= 4 is 33.2 Å². The Morgan fingerprint density at radius 3 is 2.28 bits per heavy atom. The maximum atomic E-state index is 12.3. The highest BCUT2D eigenvalue weighted by molar-refractivity contribution is 7.89. The number of amides is 1. The van der Waals surface area contributed by atoms with E-state index in [9.17, 15) is 13.2 Å². The van der Waals surface area contributed by atoms with Gasteiger partial charge < -0.3 is 5.32 Å². The fourth-order valence-corrected chi connectivity index (χ4v) is 3.32. The topological polar surface area (TPSA) is 101 Å². The summed E-state index contributed by atoms with van der Waals surface area (Å²) in [6, 6.07) is 12.9. The third kappa shape index (κ3) is 3.90. The van der Waals surface area contributed by atoms with Crippen LogP contribution in [-0.2, 0) is 10.0 Å². The van der Waals surface area contributed by atoms with Gasteiger partial charge in [-0.3, -0.25) is 4.79 Å². The predicted octanol–water partition coefficient (Wildman–Crippen LogP) is 2.37. The second kappa shape index (κ2) is 7.09. The number of hydrogen-bond acceptors (Lipinski definition) is 6. The highest BCUT2D eigenvalue weighted by Gasteiger charge is 2.13. The number of benzene rings is 2. The molecule has 1 aromatic heterocycles. The number of nitrogens with one attached hydrogen (secondary N) is 2. The Labute approximate surface area is 148 Å². The molecule has 3 aromatic rings. The zero-order valence-corrected chi connectivity index (χ0v) is 14.8. The second-order valence-electron chi connectivity index (χ2n) is 5.05. The summed E-state index contributed by atoms with van der Waals surface area (Å²) < 4.78 is 29.4. The molecule has 0 atom stereocenters. The number of carbonyl (C=O) groups excluding carboxylic acids is 1. The first kappa shape index (κ1) is 17.2. The smallest absolute Gasteiger partial charge is 0.255 e. The maximum absolute atomic E-state index is 12.3. The van der Waals surface area contributed by atoms with Crippen molar-refractivity contribution in [3.05, 3.63) is 59.5 Å². The first-order valence-corrected chi connectivity index (χ1v) is 9.54. The maximum Gasteiger partial charge on any atom is 0.255 e. The highest BCUT2D eigenvalue weighted by atomic mass is 32.2. The van der Waals surface area contributed by atoms with E-state index >= 15 is 0 Å². The summed E-state index contributed by atoms with van der Waals surface area (Å²) in [5.74, 6) is -0.323. The van der Waals surface area contributed by atoms with E-state index in [-0.39, 0.29) is 10.8 Å². The molecule has 9 heteroatoms. The monoisotopic (exact) mass is 374 g/mol. The number of rotatable bonds is 5. The summed E-state index contributed by atoms with van der Waals surface area (Å²) >= 11 is 1.27. The lowest BCUT2D eigenvalue weighted by molar-refractivity contribution is 0.102. The van der Waals surface area contributed by atoms with Crippen molar-refractivity contribution in [1.82, 2.24) is 14.3 Å². The number of aromatic nitrogens is 2. The molecule has 0 bridgehead atoms. The molecule has 0 saturated heterocycles. The van der Waals surface area contributed by atoms with E-state index in [4.69, 9.17) is 0 Å². The van der Waals surface area contributed by atoms with E-state index in [0.29, 0.717) is 11.3 Å². The Bertz CT molecular complexity index is 967. The average Bonchev–Trinajstić information content (AvgIpc) is 3.17. The average molecular weight is 374 g/mol. The highest BCUT2D eigenvalue weighted by Crippen LogP contribution is 2.20. The molecule has 2 N–H and O–H groups in total. The molecule has 1 heterocycles. The van der Waals surface area contributed by atoms with Gasteiger partial charge >= 0.3 is 0 Å². The zero-order chi connectivity index (χ0) is 17.9. The van der Waals surface area contributed by atoms with Gasteiger partial charge in [-0.05, 0) is 55.0 Å². The molecule has 0 spiro atoms. The van der Waals surface area contributed by atoms with Gasteiger partial charge in [0, 0.05) is 22.2 Å². The van der Waals surface area contributed by atoms with Gasteiger partial charge in [0.2, 0.25) is 10.0 Å². The number of carbonyl (C=O) groups is 1. The van der Waals surface area contributed by atoms with Crippen molar-refractivity contribution in [2.75, 3.05) is 12.4 Å². The molecule has 0 fully saturated rings. The van der Waals surface area contributed by atoms with Crippen LogP contribution in [0.2, 0.25) is 0 Å². The van der Waals surface area contributed by atoms with Gasteiger partial charge in [0.15, 0.2) is 0 Å². The molecular formula is C16H14N4O3S2. The van der Waals surface area contributed by atoms with Gasteiger partial charge in [0.25, 0.3) is 5.91 Å². The van der Waals surface area contributed by atoms with Crippen LogP contribution in [0.15, 0.2) is 58.8 Å². The van der Waals surface area contributed by atoms with E-state index < -0.39 is 10.0 Å². The van der Waals surface area contributed by atoms with Crippen LogP contribution in [0.1, 0.15) is 10.4 Å². The minimum absolute atomic E-state index is 0.104. The van der Waals surface area contributed by atoms with Crippen molar-refractivity contribution in [3.8, 4) is 11.3 Å². The van der Waals surface area contributed by atoms with Crippen LogP contribution in [0.4, 0.5) is 5.69 Å². The quantitative estimate of drug-likeness (QED) is 0.714. The van der Waals surface area contributed by atoms with E-state index in [1.807, 2.05) is 17.5 Å². The molecule has 0 unspecified atom stereocenters. The van der Waals surface area contributed by atoms with Crippen molar-refractivity contribution < 1.29 is 13.2 Å². The molecule has 0 saturated carbocycles. The molecule has 7 nitrogen and oxygen atoms in total. The van der Waals surface area contributed by atoms with E-state index in [2.05, 4.69) is 19.6 Å². The Morgan fingerprint density at radius 2 is 1.72 bits per heavy atom. The Hall–Kier alpha value is -2.62. The van der Waals surface area contributed by atoms with E-state index in [1.165, 1.54) is 42.8 Å². The molecule has 25 heavy (non-hydrogen) atoms. The van der Waals surface area contributed by atoms with Crippen molar-refractivity contribution in [2.45, 2.75) is 4.90 Å². The lowest BCUT2D eigenvalue weighted by Gasteiger charge is -2.07. The molecule has 0 aliphatic heterocycles. The van der Waals surface area contributed by atoms with Crippen LogP contribution in [-0.4, -0.2) is 31.0 Å². The van der Waals surface area contributed by atoms with Crippen LogP contribution in [0.25, 0.3) is 11.3 Å². The first-order chi connectivity index (χ1) is 12.0. The largest absolute Gasteiger partial charge is 0.322 e. The van der Waals surface area contributed by atoms with Crippen LogP contribution in [0.3, 0.4) is 0 Å². The van der Waals surface area contributed by atoms with E-state index in [0.717, 1.165) is 11.3 Å². The fraction of sp³-hybridized carbons (Fsp3) is 0.0625. The third-order valence-corrected chi connectivity index (χ3v) is 5.43. The standard InChI is InChI=1S/C16H14N4O3S2/c1-17-25(22,23)14-8-4-12(5-9-14)16(21)18-13-6-2-11(3-7-13)15-10-24-20-19-15/h2-10,17H,1H3,(H,18,21). The summed E-state index contributed by atoms with van der Waals surface area (Å²) in [6.07, 6.45) is 0. The van der Waals surface area contributed by atoms with Gasteiger partial charge in [-0.25, -0.2) is 13.1 Å². The van der Waals surface area contributed by atoms with Gasteiger partial charge in [0.05, 0.1) is 4.90 Å². The van der Waals surface area contributed by atoms with Crippen LogP contribution in [0, 0.1) is 0 Å². The van der Waals surface area contributed by atoms with Crippen molar-refractivity contribution in [2.24, 2.45) is 0 Å². The molecule has 0 aliphatic rings.